The molecule has 0 saturated carbocycles. The van der Waals surface area contributed by atoms with Crippen LogP contribution < -0.4 is 0 Å². The van der Waals surface area contributed by atoms with E-state index in [0.717, 1.165) is 5.33 Å². The first kappa shape index (κ1) is 9.48. The fourth-order valence-corrected chi connectivity index (χ4v) is 1.08. The van der Waals surface area contributed by atoms with Crippen molar-refractivity contribution in [3.05, 3.63) is 6.42 Å². The highest BCUT2D eigenvalue weighted by molar-refractivity contribution is 9.09. The van der Waals surface area contributed by atoms with Gasteiger partial charge in [0.05, 0.1) is 0 Å². The molecule has 0 aromatic carbocycles. The maximum atomic E-state index is 3.39. The van der Waals surface area contributed by atoms with Gasteiger partial charge in [-0.25, -0.2) is 0 Å². The van der Waals surface area contributed by atoms with Crippen LogP contribution in [-0.2, 0) is 0 Å². The summed E-state index contributed by atoms with van der Waals surface area (Å²) in [5, 5.41) is 1.12. The SMILES string of the molecule is CCCCC[CH]CCBr. The molecule has 1 radical (unpaired) electrons. The molecule has 0 nitrogen and oxygen atoms in total. The Balaban J connectivity index is 2.60. The van der Waals surface area contributed by atoms with Gasteiger partial charge in [0.2, 0.25) is 0 Å². The van der Waals surface area contributed by atoms with Crippen LogP contribution in [0.2, 0.25) is 0 Å². The van der Waals surface area contributed by atoms with Crippen LogP contribution in [0, 0.1) is 6.42 Å². The molecule has 0 rings (SSSR count). The molecule has 0 heterocycles. The maximum absolute atomic E-state index is 3.39. The summed E-state index contributed by atoms with van der Waals surface area (Å²) >= 11 is 3.39. The molecule has 0 bridgehead atoms. The van der Waals surface area contributed by atoms with E-state index in [-0.39, 0.29) is 0 Å². The van der Waals surface area contributed by atoms with Gasteiger partial charge in [0, 0.05) is 5.33 Å². The van der Waals surface area contributed by atoms with Crippen molar-refractivity contribution < 1.29 is 0 Å². The predicted octanol–water partition coefficient (Wildman–Crippen LogP) is 3.56. The Bertz CT molecular complexity index is 37.8. The molecular weight excluding hydrogens is 176 g/mol. The Morgan fingerprint density at radius 3 is 2.56 bits per heavy atom. The number of halogens is 1. The van der Waals surface area contributed by atoms with Gasteiger partial charge >= 0.3 is 0 Å². The maximum Gasteiger partial charge on any atom is 0.00340 e. The van der Waals surface area contributed by atoms with E-state index in [4.69, 9.17) is 0 Å². The van der Waals surface area contributed by atoms with E-state index in [0.29, 0.717) is 0 Å². The van der Waals surface area contributed by atoms with E-state index >= 15 is 0 Å². The highest BCUT2D eigenvalue weighted by Crippen LogP contribution is 2.04. The quantitative estimate of drug-likeness (QED) is 0.446. The molecular formula is C8H16Br. The summed E-state index contributed by atoms with van der Waals surface area (Å²) in [6.07, 6.45) is 9.00. The van der Waals surface area contributed by atoms with Crippen LogP contribution >= 0.6 is 15.9 Å². The highest BCUT2D eigenvalue weighted by atomic mass is 79.9. The van der Waals surface area contributed by atoms with Crippen molar-refractivity contribution in [1.82, 2.24) is 0 Å². The molecule has 0 amide bonds. The lowest BCUT2D eigenvalue weighted by Gasteiger charge is -1.95. The first-order valence-electron chi connectivity index (χ1n) is 3.79. The van der Waals surface area contributed by atoms with Crippen LogP contribution in [-0.4, -0.2) is 5.33 Å². The summed E-state index contributed by atoms with van der Waals surface area (Å²) in [6.45, 7) is 2.24. The van der Waals surface area contributed by atoms with E-state index in [2.05, 4.69) is 29.3 Å². The van der Waals surface area contributed by atoms with Crippen molar-refractivity contribution in [2.75, 3.05) is 5.33 Å². The van der Waals surface area contributed by atoms with Crippen molar-refractivity contribution in [1.29, 1.82) is 0 Å². The molecule has 0 spiro atoms. The standard InChI is InChI=1S/C8H16Br/c1-2-3-4-5-6-7-8-9/h6H,2-5,7-8H2,1H3. The van der Waals surface area contributed by atoms with Gasteiger partial charge in [0.15, 0.2) is 0 Å². The fourth-order valence-electron chi connectivity index (χ4n) is 0.760. The lowest BCUT2D eigenvalue weighted by Crippen LogP contribution is -1.79. The van der Waals surface area contributed by atoms with Crippen molar-refractivity contribution in [3.8, 4) is 0 Å². The Morgan fingerprint density at radius 2 is 2.00 bits per heavy atom. The molecule has 1 heteroatoms. The molecule has 9 heavy (non-hydrogen) atoms. The van der Waals surface area contributed by atoms with Crippen molar-refractivity contribution in [3.63, 3.8) is 0 Å². The van der Waals surface area contributed by atoms with Crippen molar-refractivity contribution >= 4 is 15.9 Å². The molecule has 0 aromatic rings. The minimum atomic E-state index is 1.12. The van der Waals surface area contributed by atoms with Crippen LogP contribution in [0.3, 0.4) is 0 Å². The average molecular weight is 192 g/mol. The summed E-state index contributed by atoms with van der Waals surface area (Å²) in [7, 11) is 0. The zero-order valence-electron chi connectivity index (χ0n) is 6.20. The lowest BCUT2D eigenvalue weighted by molar-refractivity contribution is 0.700. The van der Waals surface area contributed by atoms with E-state index in [9.17, 15) is 0 Å². The van der Waals surface area contributed by atoms with Crippen LogP contribution in [0.4, 0.5) is 0 Å². The fraction of sp³-hybridized carbons (Fsp3) is 0.875. The van der Waals surface area contributed by atoms with E-state index in [1.54, 1.807) is 0 Å². The van der Waals surface area contributed by atoms with Crippen molar-refractivity contribution in [2.24, 2.45) is 0 Å². The smallest absolute Gasteiger partial charge is 0.00340 e. The Morgan fingerprint density at radius 1 is 1.22 bits per heavy atom. The zero-order valence-corrected chi connectivity index (χ0v) is 7.78. The summed E-state index contributed by atoms with van der Waals surface area (Å²) < 4.78 is 0. The second-order valence-corrected chi connectivity index (χ2v) is 3.06. The second-order valence-electron chi connectivity index (χ2n) is 2.26. The minimum Gasteiger partial charge on any atom is -0.0928 e. The molecule has 0 unspecified atom stereocenters. The molecule has 0 aliphatic carbocycles. The van der Waals surface area contributed by atoms with Gasteiger partial charge in [-0.1, -0.05) is 48.5 Å². The van der Waals surface area contributed by atoms with Crippen LogP contribution in [0.1, 0.15) is 39.0 Å². The average Bonchev–Trinajstić information content (AvgIpc) is 1.89. The Hall–Kier alpha value is 0.480. The molecule has 0 aromatic heterocycles. The van der Waals surface area contributed by atoms with Gasteiger partial charge in [0.25, 0.3) is 0 Å². The molecule has 0 aliphatic rings. The van der Waals surface area contributed by atoms with E-state index in [1.165, 1.54) is 32.1 Å². The third-order valence-corrected chi connectivity index (χ3v) is 1.78. The summed E-state index contributed by atoms with van der Waals surface area (Å²) in [5.74, 6) is 0. The lowest BCUT2D eigenvalue weighted by atomic mass is 10.1. The Kier molecular flexibility index (Phi) is 8.93. The largest absolute Gasteiger partial charge is 0.0928 e. The van der Waals surface area contributed by atoms with Gasteiger partial charge in [-0.3, -0.25) is 0 Å². The van der Waals surface area contributed by atoms with Crippen LogP contribution in [0.5, 0.6) is 0 Å². The number of rotatable bonds is 6. The van der Waals surface area contributed by atoms with Gasteiger partial charge < -0.3 is 0 Å². The first-order valence-corrected chi connectivity index (χ1v) is 4.91. The summed E-state index contributed by atoms with van der Waals surface area (Å²) in [4.78, 5) is 0. The predicted molar refractivity (Wildman–Crippen MR) is 46.9 cm³/mol. The number of hydrogen-bond donors (Lipinski definition) is 0. The molecule has 0 N–H and O–H groups in total. The highest BCUT2D eigenvalue weighted by Gasteiger charge is 1.86. The van der Waals surface area contributed by atoms with E-state index in [1.807, 2.05) is 0 Å². The monoisotopic (exact) mass is 191 g/mol. The summed E-state index contributed by atoms with van der Waals surface area (Å²) in [5.41, 5.74) is 0. The molecule has 0 saturated heterocycles. The summed E-state index contributed by atoms with van der Waals surface area (Å²) in [6, 6.07) is 0. The topological polar surface area (TPSA) is 0 Å². The Labute approximate surface area is 67.2 Å². The van der Waals surface area contributed by atoms with Gasteiger partial charge in [-0.2, -0.15) is 0 Å². The first-order chi connectivity index (χ1) is 4.41. The zero-order chi connectivity index (χ0) is 6.95. The molecule has 0 fully saturated rings. The normalized spacial score (nSPS) is 10.0. The number of unbranched alkanes of at least 4 members (excludes halogenated alkanes) is 5. The third-order valence-electron chi connectivity index (χ3n) is 1.33. The molecule has 55 valence electrons. The van der Waals surface area contributed by atoms with Crippen LogP contribution in [0.25, 0.3) is 0 Å². The van der Waals surface area contributed by atoms with Gasteiger partial charge in [0.1, 0.15) is 0 Å². The number of hydrogen-bond acceptors (Lipinski definition) is 0. The van der Waals surface area contributed by atoms with E-state index < -0.39 is 0 Å². The van der Waals surface area contributed by atoms with Gasteiger partial charge in [-0.05, 0) is 12.8 Å². The molecule has 0 atom stereocenters. The number of alkyl halides is 1. The van der Waals surface area contributed by atoms with Crippen molar-refractivity contribution in [2.45, 2.75) is 39.0 Å². The van der Waals surface area contributed by atoms with Crippen LogP contribution in [0.15, 0.2) is 0 Å². The minimum absolute atomic E-state index is 1.12. The van der Waals surface area contributed by atoms with Gasteiger partial charge in [-0.15, -0.1) is 0 Å². The third kappa shape index (κ3) is 8.48. The molecule has 0 aliphatic heterocycles. The second kappa shape index (κ2) is 8.48.